The number of hydrogen-bond donors (Lipinski definition) is 0. The highest BCUT2D eigenvalue weighted by atomic mass is 127. The van der Waals surface area contributed by atoms with E-state index in [1.165, 1.54) is 18.3 Å². The summed E-state index contributed by atoms with van der Waals surface area (Å²) in [6.07, 6.45) is 3.71. The smallest absolute Gasteiger partial charge is 0.338 e. The Hall–Kier alpha value is -2.75. The lowest BCUT2D eigenvalue weighted by atomic mass is 9.93. The van der Waals surface area contributed by atoms with Gasteiger partial charge in [-0.3, -0.25) is 14.2 Å². The molecule has 214 valence electrons. The molecule has 5 rings (SSSR count). The zero-order valence-corrected chi connectivity index (χ0v) is 28.7. The van der Waals surface area contributed by atoms with Crippen molar-refractivity contribution in [3.63, 3.8) is 0 Å². The molecule has 1 aromatic heterocycles. The van der Waals surface area contributed by atoms with Gasteiger partial charge in [0.15, 0.2) is 10.6 Å². The molecule has 0 N–H and O–H groups in total. The van der Waals surface area contributed by atoms with Crippen molar-refractivity contribution in [2.45, 2.75) is 24.8 Å². The van der Waals surface area contributed by atoms with E-state index < -0.39 is 18.0 Å². The number of carbonyl (C=O) groups excluding carboxylic acids is 2. The van der Waals surface area contributed by atoms with E-state index in [0.717, 1.165) is 23.2 Å². The van der Waals surface area contributed by atoms with Gasteiger partial charge in [-0.1, -0.05) is 53.8 Å². The van der Waals surface area contributed by atoms with Crippen LogP contribution in [0.3, 0.4) is 0 Å². The molecule has 0 spiro atoms. The molecule has 11 heteroatoms. The fraction of sp³-hybridized carbons (Fsp3) is 0.161. The van der Waals surface area contributed by atoms with Crippen LogP contribution in [-0.2, 0) is 14.3 Å². The lowest BCUT2D eigenvalue weighted by Crippen LogP contribution is -2.40. The number of ether oxygens (including phenoxy) is 2. The maximum Gasteiger partial charge on any atom is 0.338 e. The van der Waals surface area contributed by atoms with Gasteiger partial charge in [-0.2, -0.15) is 0 Å². The average Bonchev–Trinajstić information content (AvgIpc) is 3.28. The summed E-state index contributed by atoms with van der Waals surface area (Å²) in [7, 11) is 0. The Kier molecular flexibility index (Phi) is 9.70. The molecule has 1 atom stereocenters. The SMILES string of the molecule is CCOC(=O)C1=C(c2ccccc2)N=c2s/c(=C\c3cc(I)cc(I)c3OC(C)=O)c(=O)n2[C@H]1c1ccc(SC)cc1. The largest absolute Gasteiger partial charge is 0.463 e. The van der Waals surface area contributed by atoms with Crippen LogP contribution in [0, 0.1) is 7.14 Å². The van der Waals surface area contributed by atoms with E-state index in [4.69, 9.17) is 14.5 Å². The summed E-state index contributed by atoms with van der Waals surface area (Å²) in [5.41, 5.74) is 2.55. The first-order valence-corrected chi connectivity index (χ1v) is 17.0. The highest BCUT2D eigenvalue weighted by molar-refractivity contribution is 14.1. The first kappa shape index (κ1) is 30.7. The molecule has 0 radical (unpaired) electrons. The van der Waals surface area contributed by atoms with E-state index >= 15 is 0 Å². The number of carbonyl (C=O) groups is 2. The zero-order chi connectivity index (χ0) is 30.0. The summed E-state index contributed by atoms with van der Waals surface area (Å²) >= 11 is 7.13. The van der Waals surface area contributed by atoms with Crippen LogP contribution in [-0.4, -0.2) is 29.4 Å². The van der Waals surface area contributed by atoms with Crippen molar-refractivity contribution in [2.75, 3.05) is 12.9 Å². The second-order valence-electron chi connectivity index (χ2n) is 9.10. The molecular weight excluding hydrogens is 798 g/mol. The minimum absolute atomic E-state index is 0.178. The second-order valence-corrected chi connectivity index (χ2v) is 13.4. The molecule has 0 bridgehead atoms. The third-order valence-corrected chi connectivity index (χ3v) is 9.53. The predicted octanol–water partition coefficient (Wildman–Crippen LogP) is 5.79. The predicted molar refractivity (Wildman–Crippen MR) is 182 cm³/mol. The summed E-state index contributed by atoms with van der Waals surface area (Å²) in [6, 6.07) is 20.2. The molecule has 42 heavy (non-hydrogen) atoms. The maximum atomic E-state index is 14.2. The molecule has 0 saturated heterocycles. The number of halogens is 2. The van der Waals surface area contributed by atoms with Crippen LogP contribution < -0.4 is 19.6 Å². The monoisotopic (exact) mass is 822 g/mol. The van der Waals surface area contributed by atoms with Gasteiger partial charge in [0.1, 0.15) is 0 Å². The highest BCUT2D eigenvalue weighted by Gasteiger charge is 2.35. The van der Waals surface area contributed by atoms with Gasteiger partial charge in [-0.25, -0.2) is 9.79 Å². The minimum Gasteiger partial charge on any atom is -0.463 e. The molecule has 0 saturated carbocycles. The number of benzene rings is 3. The number of rotatable bonds is 7. The van der Waals surface area contributed by atoms with Crippen LogP contribution in [0.15, 0.2) is 87.0 Å². The van der Waals surface area contributed by atoms with Crippen LogP contribution in [0.2, 0.25) is 0 Å². The van der Waals surface area contributed by atoms with Gasteiger partial charge < -0.3 is 9.47 Å². The minimum atomic E-state index is -0.766. The summed E-state index contributed by atoms with van der Waals surface area (Å²) in [6.45, 7) is 3.27. The zero-order valence-electron chi connectivity index (χ0n) is 22.7. The summed E-state index contributed by atoms with van der Waals surface area (Å²) in [4.78, 5) is 46.1. The van der Waals surface area contributed by atoms with E-state index in [1.54, 1.807) is 29.3 Å². The number of thiazole rings is 1. The van der Waals surface area contributed by atoms with Gasteiger partial charge in [0.2, 0.25) is 0 Å². The van der Waals surface area contributed by atoms with Gasteiger partial charge in [0.05, 0.1) is 32.0 Å². The fourth-order valence-corrected chi connectivity index (χ4v) is 8.02. The van der Waals surface area contributed by atoms with Crippen molar-refractivity contribution in [1.29, 1.82) is 0 Å². The number of fused-ring (bicyclic) bond motifs is 1. The third kappa shape index (κ3) is 6.29. The second kappa shape index (κ2) is 13.3. The summed E-state index contributed by atoms with van der Waals surface area (Å²) in [5.74, 6) is -0.598. The molecule has 0 amide bonds. The number of hydrogen-bond acceptors (Lipinski definition) is 8. The molecule has 7 nitrogen and oxygen atoms in total. The lowest BCUT2D eigenvalue weighted by molar-refractivity contribution is -0.139. The fourth-order valence-electron chi connectivity index (χ4n) is 4.62. The Morgan fingerprint density at radius 2 is 1.81 bits per heavy atom. The van der Waals surface area contributed by atoms with Crippen molar-refractivity contribution in [3.8, 4) is 5.75 Å². The van der Waals surface area contributed by atoms with Gasteiger partial charge >= 0.3 is 11.9 Å². The van der Waals surface area contributed by atoms with Crippen molar-refractivity contribution in [1.82, 2.24) is 4.57 Å². The topological polar surface area (TPSA) is 87.0 Å². The van der Waals surface area contributed by atoms with Gasteiger partial charge in [0.25, 0.3) is 5.56 Å². The first-order valence-electron chi connectivity index (χ1n) is 12.8. The highest BCUT2D eigenvalue weighted by Crippen LogP contribution is 2.36. The standard InChI is InChI=1S/C31H24I2N2O5S2/c1-4-39-30(38)25-26(18-8-6-5-7-9-18)34-31-35(27(25)19-10-12-22(41-3)13-11-19)29(37)24(42-31)15-20-14-21(32)16-23(33)28(20)40-17(2)36/h5-16,27H,4H2,1-3H3/b24-15-/t27-/m0/s1. The molecular formula is C31H24I2N2O5S2. The molecule has 3 aromatic carbocycles. The van der Waals surface area contributed by atoms with Crippen LogP contribution in [0.5, 0.6) is 5.75 Å². The summed E-state index contributed by atoms with van der Waals surface area (Å²) in [5, 5.41) is 0. The van der Waals surface area contributed by atoms with Crippen LogP contribution in [0.1, 0.15) is 36.6 Å². The number of aromatic nitrogens is 1. The van der Waals surface area contributed by atoms with E-state index in [1.807, 2.05) is 73.0 Å². The summed E-state index contributed by atoms with van der Waals surface area (Å²) < 4.78 is 14.7. The molecule has 0 aliphatic carbocycles. The van der Waals surface area contributed by atoms with E-state index in [2.05, 4.69) is 45.2 Å². The van der Waals surface area contributed by atoms with Crippen LogP contribution >= 0.6 is 68.3 Å². The Morgan fingerprint density at radius 1 is 1.10 bits per heavy atom. The van der Waals surface area contributed by atoms with Crippen LogP contribution in [0.25, 0.3) is 11.8 Å². The third-order valence-electron chi connectivity index (χ3n) is 6.37. The number of nitrogens with zero attached hydrogens (tertiary/aromatic N) is 2. The van der Waals surface area contributed by atoms with E-state index in [-0.39, 0.29) is 12.2 Å². The lowest BCUT2D eigenvalue weighted by Gasteiger charge is -2.26. The Labute approximate surface area is 277 Å². The van der Waals surface area contributed by atoms with E-state index in [0.29, 0.717) is 31.9 Å². The molecule has 4 aromatic rings. The van der Waals surface area contributed by atoms with Crippen molar-refractivity contribution in [3.05, 3.63) is 116 Å². The van der Waals surface area contributed by atoms with Gasteiger partial charge in [-0.15, -0.1) is 11.8 Å². The Balaban J connectivity index is 1.83. The average molecular weight is 822 g/mol. The van der Waals surface area contributed by atoms with Crippen molar-refractivity contribution in [2.24, 2.45) is 4.99 Å². The number of thioether (sulfide) groups is 1. The Morgan fingerprint density at radius 3 is 2.45 bits per heavy atom. The first-order chi connectivity index (χ1) is 20.2. The quantitative estimate of drug-likeness (QED) is 0.102. The van der Waals surface area contributed by atoms with Crippen molar-refractivity contribution >= 4 is 92.0 Å². The van der Waals surface area contributed by atoms with Crippen molar-refractivity contribution < 1.29 is 19.1 Å². The van der Waals surface area contributed by atoms with Gasteiger partial charge in [0, 0.05) is 26.5 Å². The Bertz CT molecular complexity index is 1900. The number of esters is 2. The normalized spacial score (nSPS) is 14.8. The van der Waals surface area contributed by atoms with E-state index in [9.17, 15) is 14.4 Å². The molecule has 2 heterocycles. The van der Waals surface area contributed by atoms with Crippen LogP contribution in [0.4, 0.5) is 0 Å². The molecule has 0 unspecified atom stereocenters. The maximum absolute atomic E-state index is 14.2. The molecule has 0 fully saturated rings. The molecule has 1 aliphatic heterocycles. The molecule has 1 aliphatic rings. The van der Waals surface area contributed by atoms with Gasteiger partial charge in [-0.05, 0) is 94.3 Å².